The summed E-state index contributed by atoms with van der Waals surface area (Å²) in [7, 11) is 0. The Morgan fingerprint density at radius 2 is 1.83 bits per heavy atom. The van der Waals surface area contributed by atoms with E-state index in [1.54, 1.807) is 43.5 Å². The number of carbonyl (C=O) groups is 1. The Balaban J connectivity index is 0.00000324. The number of amidine groups is 1. The van der Waals surface area contributed by atoms with Crippen molar-refractivity contribution >= 4 is 36.6 Å². The number of halogens is 4. The zero-order valence-corrected chi connectivity index (χ0v) is 21.1. The first-order chi connectivity index (χ1) is 16.4. The fraction of sp³-hybridized carbons (Fsp3) is 0.240. The van der Waals surface area contributed by atoms with E-state index in [0.717, 1.165) is 17.3 Å². The van der Waals surface area contributed by atoms with Crippen molar-refractivity contribution in [3.8, 4) is 5.75 Å². The number of ether oxygens (including phenoxy) is 2. The molecule has 194 valence electrons. The van der Waals surface area contributed by atoms with Crippen LogP contribution in [-0.2, 0) is 22.5 Å². The van der Waals surface area contributed by atoms with Gasteiger partial charge in [-0.25, -0.2) is 8.78 Å². The minimum absolute atomic E-state index is 0. The van der Waals surface area contributed by atoms with Gasteiger partial charge in [-0.05, 0) is 36.8 Å². The second kappa shape index (κ2) is 15.0. The zero-order chi connectivity index (χ0) is 24.5. The summed E-state index contributed by atoms with van der Waals surface area (Å²) in [5.74, 6) is -2.83. The molecule has 0 fully saturated rings. The molecular formula is C25H28Cl2F2N4O3. The van der Waals surface area contributed by atoms with Crippen LogP contribution in [0.4, 0.5) is 8.78 Å². The molecule has 0 aliphatic heterocycles. The van der Waals surface area contributed by atoms with Gasteiger partial charge in [-0.15, -0.1) is 24.8 Å². The number of rotatable bonds is 11. The van der Waals surface area contributed by atoms with Crippen LogP contribution in [0.2, 0.25) is 0 Å². The molecule has 0 aliphatic carbocycles. The molecule has 0 bridgehead atoms. The second-order valence-electron chi connectivity index (χ2n) is 7.36. The molecule has 1 heterocycles. The largest absolute Gasteiger partial charge is 0.490 e. The molecule has 1 aromatic heterocycles. The van der Waals surface area contributed by atoms with Gasteiger partial charge in [0.05, 0.1) is 12.2 Å². The van der Waals surface area contributed by atoms with E-state index in [1.165, 1.54) is 6.07 Å². The third-order valence-corrected chi connectivity index (χ3v) is 5.00. The fourth-order valence-electron chi connectivity index (χ4n) is 3.25. The summed E-state index contributed by atoms with van der Waals surface area (Å²) in [4.78, 5) is 17.0. The van der Waals surface area contributed by atoms with Gasteiger partial charge in [0.1, 0.15) is 11.7 Å². The van der Waals surface area contributed by atoms with E-state index in [2.05, 4.69) is 10.3 Å². The molecule has 0 radical (unpaired) electrons. The third kappa shape index (κ3) is 8.15. The number of pyridine rings is 1. The monoisotopic (exact) mass is 540 g/mol. The molecule has 2 aromatic carbocycles. The van der Waals surface area contributed by atoms with Crippen LogP contribution in [0, 0.1) is 17.0 Å². The first-order valence-electron chi connectivity index (χ1n) is 10.7. The molecule has 0 aliphatic rings. The molecule has 7 nitrogen and oxygen atoms in total. The predicted molar refractivity (Wildman–Crippen MR) is 138 cm³/mol. The lowest BCUT2D eigenvalue weighted by molar-refractivity contribution is -0.133. The lowest BCUT2D eigenvalue weighted by Gasteiger charge is -2.20. The van der Waals surface area contributed by atoms with Crippen LogP contribution in [0.3, 0.4) is 0 Å². The Bertz CT molecular complexity index is 1140. The molecular weight excluding hydrogens is 513 g/mol. The van der Waals surface area contributed by atoms with Crippen molar-refractivity contribution < 1.29 is 23.0 Å². The fourth-order valence-corrected chi connectivity index (χ4v) is 3.25. The minimum Gasteiger partial charge on any atom is -0.490 e. The quantitative estimate of drug-likeness (QED) is 0.245. The molecule has 36 heavy (non-hydrogen) atoms. The number of nitrogens with one attached hydrogen (secondary N) is 2. The summed E-state index contributed by atoms with van der Waals surface area (Å²) in [5.41, 5.74) is 6.97. The first-order valence-corrected chi connectivity index (χ1v) is 10.7. The number of hydrogen-bond acceptors (Lipinski definition) is 5. The van der Waals surface area contributed by atoms with Crippen LogP contribution in [0.25, 0.3) is 0 Å². The Morgan fingerprint density at radius 1 is 1.11 bits per heavy atom. The van der Waals surface area contributed by atoms with E-state index in [0.29, 0.717) is 12.0 Å². The van der Waals surface area contributed by atoms with Gasteiger partial charge in [0.25, 0.3) is 5.91 Å². The van der Waals surface area contributed by atoms with Crippen molar-refractivity contribution in [3.63, 3.8) is 0 Å². The van der Waals surface area contributed by atoms with Crippen molar-refractivity contribution in [1.82, 2.24) is 10.3 Å². The van der Waals surface area contributed by atoms with Gasteiger partial charge in [-0.2, -0.15) is 0 Å². The number of nitrogens with zero attached hydrogens (tertiary/aromatic N) is 1. The summed E-state index contributed by atoms with van der Waals surface area (Å²) < 4.78 is 40.8. The van der Waals surface area contributed by atoms with Crippen molar-refractivity contribution in [2.75, 3.05) is 13.2 Å². The van der Waals surface area contributed by atoms with Gasteiger partial charge < -0.3 is 20.5 Å². The molecule has 3 aromatic rings. The maximum absolute atomic E-state index is 15.2. The second-order valence-corrected chi connectivity index (χ2v) is 7.36. The average Bonchev–Trinajstić information content (AvgIpc) is 2.84. The summed E-state index contributed by atoms with van der Waals surface area (Å²) in [6.45, 7) is 1.92. The van der Waals surface area contributed by atoms with Crippen molar-refractivity contribution in [2.45, 2.75) is 26.0 Å². The number of benzene rings is 2. The highest BCUT2D eigenvalue weighted by Gasteiger charge is 2.29. The number of nitrogen functional groups attached to an aromatic ring is 1. The standard InChI is InChI=1S/C25H26F2N4O3.2ClH/c1-2-33-23(25(32)31-15-16-6-8-17(9-7-16)24(28)29)21-19(26)10-11-20(22(21)27)34-14-12-18-5-3-4-13-30-18;;/h3-11,13,23H,2,12,14-15H2,1H3,(H3,28,29)(H,31,32);2*1H/t23-;;/m0../s1. The molecule has 11 heteroatoms. The van der Waals surface area contributed by atoms with E-state index in [1.807, 2.05) is 12.1 Å². The zero-order valence-electron chi connectivity index (χ0n) is 19.5. The smallest absolute Gasteiger partial charge is 0.254 e. The highest BCUT2D eigenvalue weighted by atomic mass is 35.5. The van der Waals surface area contributed by atoms with E-state index in [-0.39, 0.29) is 56.2 Å². The van der Waals surface area contributed by atoms with Gasteiger partial charge in [-0.1, -0.05) is 30.3 Å². The Hall–Kier alpha value is -3.27. The molecule has 4 N–H and O–H groups in total. The molecule has 0 unspecified atom stereocenters. The van der Waals surface area contributed by atoms with Gasteiger partial charge in [-0.3, -0.25) is 15.2 Å². The molecule has 0 spiro atoms. The average molecular weight is 541 g/mol. The highest BCUT2D eigenvalue weighted by molar-refractivity contribution is 5.94. The van der Waals surface area contributed by atoms with E-state index < -0.39 is 29.2 Å². The SMILES string of the molecule is CCO[C@H](C(=O)NCc1ccc(C(=N)N)cc1)c1c(F)ccc(OCCc2ccccn2)c1F.Cl.Cl. The van der Waals surface area contributed by atoms with E-state index >= 15 is 4.39 Å². The molecule has 1 amide bonds. The van der Waals surface area contributed by atoms with Crippen molar-refractivity contribution in [2.24, 2.45) is 5.73 Å². The number of carbonyl (C=O) groups excluding carboxylic acids is 1. The maximum Gasteiger partial charge on any atom is 0.254 e. The molecule has 0 saturated carbocycles. The van der Waals surface area contributed by atoms with Crippen LogP contribution in [0.1, 0.15) is 35.4 Å². The number of nitrogens with two attached hydrogens (primary N) is 1. The van der Waals surface area contributed by atoms with Crippen LogP contribution in [0.5, 0.6) is 5.75 Å². The van der Waals surface area contributed by atoms with Gasteiger partial charge >= 0.3 is 0 Å². The van der Waals surface area contributed by atoms with Crippen molar-refractivity contribution in [1.29, 1.82) is 5.41 Å². The predicted octanol–water partition coefficient (Wildman–Crippen LogP) is 4.50. The topological polar surface area (TPSA) is 110 Å². The van der Waals surface area contributed by atoms with E-state index in [9.17, 15) is 9.18 Å². The van der Waals surface area contributed by atoms with Crippen LogP contribution >= 0.6 is 24.8 Å². The highest BCUT2D eigenvalue weighted by Crippen LogP contribution is 2.30. The lowest BCUT2D eigenvalue weighted by atomic mass is 10.1. The van der Waals surface area contributed by atoms with Gasteiger partial charge in [0.2, 0.25) is 0 Å². The maximum atomic E-state index is 15.2. The van der Waals surface area contributed by atoms with E-state index in [4.69, 9.17) is 20.6 Å². The number of aromatic nitrogens is 1. The first kappa shape index (κ1) is 30.8. The van der Waals surface area contributed by atoms with Crippen LogP contribution < -0.4 is 15.8 Å². The van der Waals surface area contributed by atoms with Crippen molar-refractivity contribution in [3.05, 3.63) is 94.8 Å². The summed E-state index contributed by atoms with van der Waals surface area (Å²) in [6.07, 6.45) is 0.584. The number of amides is 1. The third-order valence-electron chi connectivity index (χ3n) is 5.00. The Labute approximate surface area is 220 Å². The van der Waals surface area contributed by atoms with Crippen LogP contribution in [-0.4, -0.2) is 29.9 Å². The molecule has 3 rings (SSSR count). The normalized spacial score (nSPS) is 11.0. The van der Waals surface area contributed by atoms with Gasteiger partial charge in [0.15, 0.2) is 17.7 Å². The lowest BCUT2D eigenvalue weighted by Crippen LogP contribution is -2.32. The minimum atomic E-state index is -1.50. The number of hydrogen-bond donors (Lipinski definition) is 3. The van der Waals surface area contributed by atoms with Crippen LogP contribution in [0.15, 0.2) is 60.8 Å². The Kier molecular flexibility index (Phi) is 12.8. The molecule has 0 saturated heterocycles. The summed E-state index contributed by atoms with van der Waals surface area (Å²) in [6, 6.07) is 14.4. The summed E-state index contributed by atoms with van der Waals surface area (Å²) in [5, 5.41) is 10.1. The summed E-state index contributed by atoms with van der Waals surface area (Å²) >= 11 is 0. The van der Waals surface area contributed by atoms with Gasteiger partial charge in [0, 0.05) is 37.0 Å². The molecule has 1 atom stereocenters. The Morgan fingerprint density at radius 3 is 2.44 bits per heavy atom.